The quantitative estimate of drug-likeness (QED) is 0.880. The summed E-state index contributed by atoms with van der Waals surface area (Å²) in [5.74, 6) is 0.448. The third-order valence-electron chi connectivity index (χ3n) is 3.88. The average molecular weight is 257 g/mol. The van der Waals surface area contributed by atoms with Crippen molar-refractivity contribution in [3.63, 3.8) is 0 Å². The van der Waals surface area contributed by atoms with Crippen molar-refractivity contribution < 1.29 is 5.11 Å². The number of hydrogen-bond donors (Lipinski definition) is 1. The molecule has 0 spiro atoms. The average Bonchev–Trinajstić information content (AvgIpc) is 3.13. The minimum absolute atomic E-state index is 0.448. The second-order valence-electron chi connectivity index (χ2n) is 5.07. The number of rotatable bonds is 5. The Morgan fingerprint density at radius 2 is 2.12 bits per heavy atom. The molecule has 1 saturated carbocycles. The van der Waals surface area contributed by atoms with E-state index >= 15 is 0 Å². The molecule has 3 nitrogen and oxygen atoms in total. The molecule has 1 aliphatic rings. The minimum Gasteiger partial charge on any atom is -0.389 e. The van der Waals surface area contributed by atoms with Gasteiger partial charge in [-0.15, -0.1) is 0 Å². The molecule has 1 N–H and O–H groups in total. The van der Waals surface area contributed by atoms with Gasteiger partial charge in [0.1, 0.15) is 0 Å². The monoisotopic (exact) mass is 256 g/mol. The van der Waals surface area contributed by atoms with Crippen molar-refractivity contribution in [2.24, 2.45) is 5.92 Å². The van der Waals surface area contributed by atoms with Crippen LogP contribution in [0.1, 0.15) is 44.5 Å². The Labute approximate surface area is 108 Å². The molecule has 1 aliphatic carbocycles. The number of aromatic nitrogens is 2. The van der Waals surface area contributed by atoms with Gasteiger partial charge in [0, 0.05) is 13.0 Å². The van der Waals surface area contributed by atoms with Crippen LogP contribution in [0.25, 0.3) is 0 Å². The van der Waals surface area contributed by atoms with Crippen molar-refractivity contribution in [1.29, 1.82) is 0 Å². The van der Waals surface area contributed by atoms with Gasteiger partial charge in [0.15, 0.2) is 0 Å². The first-order valence-electron chi connectivity index (χ1n) is 6.46. The first kappa shape index (κ1) is 12.9. The van der Waals surface area contributed by atoms with Crippen molar-refractivity contribution in [3.05, 3.63) is 16.4 Å². The molecule has 0 amide bonds. The van der Waals surface area contributed by atoms with E-state index in [1.54, 1.807) is 0 Å². The summed E-state index contributed by atoms with van der Waals surface area (Å²) in [6, 6.07) is 0. The summed E-state index contributed by atoms with van der Waals surface area (Å²) in [7, 11) is 0. The smallest absolute Gasteiger partial charge is 0.0848 e. The van der Waals surface area contributed by atoms with Crippen LogP contribution in [0.15, 0.2) is 0 Å². The predicted octanol–water partition coefficient (Wildman–Crippen LogP) is 2.96. The van der Waals surface area contributed by atoms with Crippen LogP contribution in [-0.2, 0) is 13.0 Å². The summed E-state index contributed by atoms with van der Waals surface area (Å²) in [4.78, 5) is 0. The molecule has 0 radical (unpaired) electrons. The van der Waals surface area contributed by atoms with Gasteiger partial charge in [-0.3, -0.25) is 4.68 Å². The first-order chi connectivity index (χ1) is 8.01. The van der Waals surface area contributed by atoms with Crippen LogP contribution in [-0.4, -0.2) is 20.5 Å². The maximum atomic E-state index is 10.7. The van der Waals surface area contributed by atoms with Crippen LogP contribution in [0.2, 0.25) is 5.02 Å². The molecule has 4 heteroatoms. The Balaban J connectivity index is 2.27. The molecule has 0 bridgehead atoms. The molecular weight excluding hydrogens is 236 g/mol. The van der Waals surface area contributed by atoms with Crippen molar-refractivity contribution in [2.45, 2.75) is 58.6 Å². The molecule has 1 unspecified atom stereocenters. The molecular formula is C13H21ClN2O. The number of aryl methyl sites for hydroxylation is 2. The highest BCUT2D eigenvalue weighted by molar-refractivity contribution is 6.31. The fraction of sp³-hybridized carbons (Fsp3) is 0.769. The van der Waals surface area contributed by atoms with Gasteiger partial charge in [0.05, 0.1) is 22.0 Å². The SMILES string of the molecule is CCn1nc(C)c(Cl)c1CC(O)(CC)C1CC1. The second kappa shape index (κ2) is 4.62. The summed E-state index contributed by atoms with van der Waals surface area (Å²) in [6.45, 7) is 6.81. The molecule has 1 atom stereocenters. The molecule has 96 valence electrons. The predicted molar refractivity (Wildman–Crippen MR) is 69.3 cm³/mol. The molecule has 0 aromatic carbocycles. The van der Waals surface area contributed by atoms with Gasteiger partial charge in [-0.2, -0.15) is 5.10 Å². The number of halogens is 1. The summed E-state index contributed by atoms with van der Waals surface area (Å²) < 4.78 is 1.92. The lowest BCUT2D eigenvalue weighted by Gasteiger charge is -2.27. The van der Waals surface area contributed by atoms with Crippen LogP contribution < -0.4 is 0 Å². The number of nitrogens with zero attached hydrogens (tertiary/aromatic N) is 2. The van der Waals surface area contributed by atoms with E-state index in [0.29, 0.717) is 12.3 Å². The third kappa shape index (κ3) is 2.36. The Kier molecular flexibility index (Phi) is 3.50. The van der Waals surface area contributed by atoms with Gasteiger partial charge < -0.3 is 5.11 Å². The molecule has 1 aromatic heterocycles. The van der Waals surface area contributed by atoms with Crippen molar-refractivity contribution in [2.75, 3.05) is 0 Å². The van der Waals surface area contributed by atoms with Crippen molar-refractivity contribution >= 4 is 11.6 Å². The molecule has 0 saturated heterocycles. The topological polar surface area (TPSA) is 38.0 Å². The lowest BCUT2D eigenvalue weighted by Crippen LogP contribution is -2.34. The summed E-state index contributed by atoms with van der Waals surface area (Å²) in [5, 5.41) is 15.8. The summed E-state index contributed by atoms with van der Waals surface area (Å²) in [5.41, 5.74) is 1.25. The molecule has 1 heterocycles. The molecule has 2 rings (SSSR count). The number of aliphatic hydroxyl groups is 1. The van der Waals surface area contributed by atoms with E-state index in [9.17, 15) is 5.11 Å². The zero-order valence-corrected chi connectivity index (χ0v) is 11.6. The first-order valence-corrected chi connectivity index (χ1v) is 6.83. The molecule has 0 aliphatic heterocycles. The van der Waals surface area contributed by atoms with Crippen LogP contribution in [0.5, 0.6) is 0 Å². The van der Waals surface area contributed by atoms with Crippen LogP contribution in [0.3, 0.4) is 0 Å². The van der Waals surface area contributed by atoms with E-state index in [1.165, 1.54) is 0 Å². The van der Waals surface area contributed by atoms with Crippen molar-refractivity contribution in [3.8, 4) is 0 Å². The van der Waals surface area contributed by atoms with E-state index in [2.05, 4.69) is 5.10 Å². The Hall–Kier alpha value is -0.540. The van der Waals surface area contributed by atoms with Gasteiger partial charge in [-0.05, 0) is 39.0 Å². The minimum atomic E-state index is -0.594. The lowest BCUT2D eigenvalue weighted by molar-refractivity contribution is 0.0121. The zero-order valence-electron chi connectivity index (χ0n) is 10.8. The maximum absolute atomic E-state index is 10.7. The van der Waals surface area contributed by atoms with E-state index in [4.69, 9.17) is 11.6 Å². The van der Waals surface area contributed by atoms with Gasteiger partial charge in [-0.1, -0.05) is 18.5 Å². The number of hydrogen-bond acceptors (Lipinski definition) is 2. The highest BCUT2D eigenvalue weighted by atomic mass is 35.5. The van der Waals surface area contributed by atoms with Gasteiger partial charge >= 0.3 is 0 Å². The summed E-state index contributed by atoms with van der Waals surface area (Å²) in [6.07, 6.45) is 3.69. The van der Waals surface area contributed by atoms with Gasteiger partial charge in [0.25, 0.3) is 0 Å². The Bertz CT molecular complexity index is 412. The zero-order chi connectivity index (χ0) is 12.6. The highest BCUT2D eigenvalue weighted by Crippen LogP contribution is 2.44. The molecule has 17 heavy (non-hydrogen) atoms. The van der Waals surface area contributed by atoms with Crippen LogP contribution in [0.4, 0.5) is 0 Å². The lowest BCUT2D eigenvalue weighted by atomic mass is 9.89. The molecule has 1 fully saturated rings. The second-order valence-corrected chi connectivity index (χ2v) is 5.45. The largest absolute Gasteiger partial charge is 0.389 e. The van der Waals surface area contributed by atoms with Crippen molar-refractivity contribution in [1.82, 2.24) is 9.78 Å². The fourth-order valence-corrected chi connectivity index (χ4v) is 2.71. The Morgan fingerprint density at radius 1 is 1.47 bits per heavy atom. The van der Waals surface area contributed by atoms with E-state index in [0.717, 1.165) is 42.2 Å². The Morgan fingerprint density at radius 3 is 2.59 bits per heavy atom. The van der Waals surface area contributed by atoms with Crippen LogP contribution in [0, 0.1) is 12.8 Å². The van der Waals surface area contributed by atoms with Gasteiger partial charge in [-0.25, -0.2) is 0 Å². The summed E-state index contributed by atoms with van der Waals surface area (Å²) >= 11 is 6.29. The van der Waals surface area contributed by atoms with E-state index in [1.807, 2.05) is 25.5 Å². The fourth-order valence-electron chi connectivity index (χ4n) is 2.51. The highest BCUT2D eigenvalue weighted by Gasteiger charge is 2.43. The van der Waals surface area contributed by atoms with E-state index < -0.39 is 5.60 Å². The standard InChI is InChI=1S/C13H21ClN2O/c1-4-13(17,10-6-7-10)8-11-12(14)9(3)15-16(11)5-2/h10,17H,4-8H2,1-3H3. The normalized spacial score (nSPS) is 19.4. The van der Waals surface area contributed by atoms with Crippen LogP contribution >= 0.6 is 11.6 Å². The van der Waals surface area contributed by atoms with E-state index in [-0.39, 0.29) is 0 Å². The molecule has 1 aromatic rings. The third-order valence-corrected chi connectivity index (χ3v) is 4.37. The maximum Gasteiger partial charge on any atom is 0.0848 e. The van der Waals surface area contributed by atoms with Gasteiger partial charge in [0.2, 0.25) is 0 Å².